The van der Waals surface area contributed by atoms with Gasteiger partial charge in [-0.1, -0.05) is 47.0 Å². The molecule has 1 heterocycles. The van der Waals surface area contributed by atoms with Crippen LogP contribution in [0.2, 0.25) is 0 Å². The van der Waals surface area contributed by atoms with Crippen LogP contribution < -0.4 is 0 Å². The second-order valence-corrected chi connectivity index (χ2v) is 10.2. The smallest absolute Gasteiger partial charge is 0.357 e. The van der Waals surface area contributed by atoms with Crippen molar-refractivity contribution in [1.29, 1.82) is 0 Å². The molecule has 0 bridgehead atoms. The Hall–Kier alpha value is -1.43. The SMILES string of the molecule is CCOC(=O)c1csc(CN(C(=O)C[C@@H](C)CC(C)(C)C)C2CCCCC2)n1. The van der Waals surface area contributed by atoms with Crippen LogP contribution in [0.4, 0.5) is 0 Å². The molecule has 1 saturated carbocycles. The Labute approximate surface area is 173 Å². The van der Waals surface area contributed by atoms with Crippen molar-refractivity contribution >= 4 is 23.2 Å². The number of carbonyl (C=O) groups excluding carboxylic acids is 2. The van der Waals surface area contributed by atoms with Gasteiger partial charge < -0.3 is 9.64 Å². The topological polar surface area (TPSA) is 59.5 Å². The van der Waals surface area contributed by atoms with Gasteiger partial charge in [0.15, 0.2) is 5.69 Å². The van der Waals surface area contributed by atoms with E-state index in [1.165, 1.54) is 30.6 Å². The number of esters is 1. The molecule has 0 aliphatic heterocycles. The van der Waals surface area contributed by atoms with Crippen molar-refractivity contribution in [2.24, 2.45) is 11.3 Å². The number of thiazole rings is 1. The van der Waals surface area contributed by atoms with Crippen molar-refractivity contribution < 1.29 is 14.3 Å². The lowest BCUT2D eigenvalue weighted by Crippen LogP contribution is -2.41. The largest absolute Gasteiger partial charge is 0.461 e. The number of hydrogen-bond donors (Lipinski definition) is 0. The summed E-state index contributed by atoms with van der Waals surface area (Å²) in [6.45, 7) is 11.5. The zero-order valence-electron chi connectivity index (χ0n) is 18.1. The normalized spacial score (nSPS) is 16.6. The molecule has 1 aromatic heterocycles. The number of ether oxygens (including phenoxy) is 1. The number of carbonyl (C=O) groups is 2. The fourth-order valence-corrected chi connectivity index (χ4v) is 4.94. The van der Waals surface area contributed by atoms with Gasteiger partial charge in [-0.15, -0.1) is 11.3 Å². The molecular formula is C22H36N2O3S. The first-order valence-electron chi connectivity index (χ1n) is 10.6. The molecule has 1 amide bonds. The van der Waals surface area contributed by atoms with Crippen LogP contribution in [0.25, 0.3) is 0 Å². The van der Waals surface area contributed by atoms with Crippen LogP contribution in [0.1, 0.15) is 95.1 Å². The van der Waals surface area contributed by atoms with Crippen molar-refractivity contribution in [2.75, 3.05) is 6.61 Å². The minimum absolute atomic E-state index is 0.219. The Morgan fingerprint density at radius 1 is 1.29 bits per heavy atom. The third-order valence-electron chi connectivity index (χ3n) is 5.16. The summed E-state index contributed by atoms with van der Waals surface area (Å²) in [6.07, 6.45) is 7.34. The molecule has 0 aromatic carbocycles. The van der Waals surface area contributed by atoms with Gasteiger partial charge in [-0.3, -0.25) is 4.79 Å². The number of hydrogen-bond acceptors (Lipinski definition) is 5. The lowest BCUT2D eigenvalue weighted by molar-refractivity contribution is -0.136. The Kier molecular flexibility index (Phi) is 8.47. The quantitative estimate of drug-likeness (QED) is 0.537. The summed E-state index contributed by atoms with van der Waals surface area (Å²) in [5.41, 5.74) is 0.568. The average Bonchev–Trinajstić information content (AvgIpc) is 3.07. The lowest BCUT2D eigenvalue weighted by Gasteiger charge is -2.35. The predicted molar refractivity (Wildman–Crippen MR) is 113 cm³/mol. The second kappa shape index (κ2) is 10.4. The molecule has 28 heavy (non-hydrogen) atoms. The van der Waals surface area contributed by atoms with E-state index in [-0.39, 0.29) is 23.3 Å². The standard InChI is InChI=1S/C22H36N2O3S/c1-6-27-21(26)18-15-28-19(23-18)14-24(17-10-8-7-9-11-17)20(25)12-16(2)13-22(3,4)5/h15-17H,6-14H2,1-5H3/t16-/m1/s1. The van der Waals surface area contributed by atoms with Gasteiger partial charge in [-0.05, 0) is 37.5 Å². The van der Waals surface area contributed by atoms with E-state index in [1.807, 2.05) is 4.90 Å². The van der Waals surface area contributed by atoms with Gasteiger partial charge in [0.2, 0.25) is 5.91 Å². The van der Waals surface area contributed by atoms with Gasteiger partial charge in [-0.25, -0.2) is 9.78 Å². The molecule has 1 atom stereocenters. The maximum atomic E-state index is 13.2. The number of nitrogens with zero attached hydrogens (tertiary/aromatic N) is 2. The minimum atomic E-state index is -0.389. The molecule has 0 N–H and O–H groups in total. The maximum Gasteiger partial charge on any atom is 0.357 e. The van der Waals surface area contributed by atoms with Crippen LogP contribution in [-0.4, -0.2) is 34.4 Å². The molecule has 158 valence electrons. The molecule has 1 aromatic rings. The molecule has 0 unspecified atom stereocenters. The number of aromatic nitrogens is 1. The molecule has 2 rings (SSSR count). The van der Waals surface area contributed by atoms with Gasteiger partial charge in [-0.2, -0.15) is 0 Å². The van der Waals surface area contributed by atoms with Crippen LogP contribution in [0.5, 0.6) is 0 Å². The molecule has 0 saturated heterocycles. The maximum absolute atomic E-state index is 13.2. The summed E-state index contributed by atoms with van der Waals surface area (Å²) in [5, 5.41) is 2.55. The number of rotatable bonds is 8. The molecule has 0 spiro atoms. The van der Waals surface area contributed by atoms with Crippen LogP contribution in [0.3, 0.4) is 0 Å². The summed E-state index contributed by atoms with van der Waals surface area (Å²) in [4.78, 5) is 31.6. The molecule has 6 heteroatoms. The highest BCUT2D eigenvalue weighted by Crippen LogP contribution is 2.29. The van der Waals surface area contributed by atoms with Crippen molar-refractivity contribution in [2.45, 2.75) is 92.2 Å². The van der Waals surface area contributed by atoms with Crippen molar-refractivity contribution in [3.8, 4) is 0 Å². The molecule has 1 fully saturated rings. The highest BCUT2D eigenvalue weighted by molar-refractivity contribution is 7.09. The Balaban J connectivity index is 2.09. The third kappa shape index (κ3) is 7.19. The summed E-state index contributed by atoms with van der Waals surface area (Å²) in [7, 11) is 0. The van der Waals surface area contributed by atoms with E-state index < -0.39 is 0 Å². The van der Waals surface area contributed by atoms with Gasteiger partial charge in [0.25, 0.3) is 0 Å². The van der Waals surface area contributed by atoms with E-state index in [9.17, 15) is 9.59 Å². The molecule has 1 aliphatic carbocycles. The predicted octanol–water partition coefficient (Wildman–Crippen LogP) is 5.44. The highest BCUT2D eigenvalue weighted by Gasteiger charge is 2.28. The van der Waals surface area contributed by atoms with E-state index in [2.05, 4.69) is 32.7 Å². The highest BCUT2D eigenvalue weighted by atomic mass is 32.1. The number of amides is 1. The van der Waals surface area contributed by atoms with Crippen molar-refractivity contribution in [3.63, 3.8) is 0 Å². The van der Waals surface area contributed by atoms with Gasteiger partial charge in [0.05, 0.1) is 13.2 Å². The summed E-state index contributed by atoms with van der Waals surface area (Å²) in [5.74, 6) is 0.181. The monoisotopic (exact) mass is 408 g/mol. The summed E-state index contributed by atoms with van der Waals surface area (Å²) < 4.78 is 5.03. The van der Waals surface area contributed by atoms with Crippen molar-refractivity contribution in [1.82, 2.24) is 9.88 Å². The van der Waals surface area contributed by atoms with Crippen LogP contribution in [0, 0.1) is 11.3 Å². The lowest BCUT2D eigenvalue weighted by atomic mass is 9.84. The molecule has 1 aliphatic rings. The molecule has 0 radical (unpaired) electrons. The van der Waals surface area contributed by atoms with Crippen LogP contribution in [0.15, 0.2) is 5.38 Å². The van der Waals surface area contributed by atoms with Crippen LogP contribution >= 0.6 is 11.3 Å². The zero-order chi connectivity index (χ0) is 20.7. The first-order chi connectivity index (χ1) is 13.2. The molecular weight excluding hydrogens is 372 g/mol. The summed E-state index contributed by atoms with van der Waals surface area (Å²) >= 11 is 1.44. The van der Waals surface area contributed by atoms with E-state index in [1.54, 1.807) is 12.3 Å². The van der Waals surface area contributed by atoms with Gasteiger partial charge in [0.1, 0.15) is 5.01 Å². The Morgan fingerprint density at radius 3 is 2.57 bits per heavy atom. The third-order valence-corrected chi connectivity index (χ3v) is 6.00. The first-order valence-corrected chi connectivity index (χ1v) is 11.5. The van der Waals surface area contributed by atoms with E-state index in [0.29, 0.717) is 31.2 Å². The first kappa shape index (κ1) is 22.9. The van der Waals surface area contributed by atoms with E-state index in [0.717, 1.165) is 24.3 Å². The van der Waals surface area contributed by atoms with E-state index in [4.69, 9.17) is 4.74 Å². The average molecular weight is 409 g/mol. The summed E-state index contributed by atoms with van der Waals surface area (Å²) in [6, 6.07) is 0.290. The Morgan fingerprint density at radius 2 is 1.96 bits per heavy atom. The Bertz CT molecular complexity index is 644. The second-order valence-electron chi connectivity index (χ2n) is 9.23. The fourth-order valence-electron chi connectivity index (χ4n) is 4.17. The van der Waals surface area contributed by atoms with Gasteiger partial charge >= 0.3 is 5.97 Å². The fraction of sp³-hybridized carbons (Fsp3) is 0.773. The van der Waals surface area contributed by atoms with Crippen LogP contribution in [-0.2, 0) is 16.1 Å². The van der Waals surface area contributed by atoms with Crippen molar-refractivity contribution in [3.05, 3.63) is 16.1 Å². The minimum Gasteiger partial charge on any atom is -0.461 e. The van der Waals surface area contributed by atoms with E-state index >= 15 is 0 Å². The zero-order valence-corrected chi connectivity index (χ0v) is 18.9. The molecule has 5 nitrogen and oxygen atoms in total. The van der Waals surface area contributed by atoms with Gasteiger partial charge in [0, 0.05) is 17.8 Å².